The number of rotatable bonds is 4. The molecule has 0 atom stereocenters. The zero-order valence-corrected chi connectivity index (χ0v) is 15.2. The molecule has 2 aromatic carbocycles. The fraction of sp³-hybridized carbons (Fsp3) is 0.190. The highest BCUT2D eigenvalue weighted by Gasteiger charge is 2.18. The molecular weight excluding hydrogens is 324 g/mol. The van der Waals surface area contributed by atoms with Gasteiger partial charge < -0.3 is 10.6 Å². The number of hydrogen-bond acceptors (Lipinski definition) is 4. The molecule has 0 saturated carbocycles. The van der Waals surface area contributed by atoms with Gasteiger partial charge >= 0.3 is 0 Å². The summed E-state index contributed by atoms with van der Waals surface area (Å²) in [5.41, 5.74) is 3.17. The molecule has 1 amide bonds. The predicted molar refractivity (Wildman–Crippen MR) is 105 cm³/mol. The van der Waals surface area contributed by atoms with Crippen LogP contribution in [0.1, 0.15) is 36.8 Å². The Hall–Kier alpha value is -3.21. The number of carbonyl (C=O) groups excluding carboxylic acids is 1. The van der Waals surface area contributed by atoms with E-state index in [0.29, 0.717) is 5.82 Å². The van der Waals surface area contributed by atoms with Gasteiger partial charge in [0.15, 0.2) is 11.5 Å². The summed E-state index contributed by atoms with van der Waals surface area (Å²) in [6.07, 6.45) is 0. The third kappa shape index (κ3) is 4.25. The van der Waals surface area contributed by atoms with Gasteiger partial charge in [-0.15, -0.1) is 10.2 Å². The summed E-state index contributed by atoms with van der Waals surface area (Å²) in [4.78, 5) is 12.2. The lowest BCUT2D eigenvalue weighted by Gasteiger charge is -2.23. The zero-order chi connectivity index (χ0) is 18.6. The van der Waals surface area contributed by atoms with Crippen molar-refractivity contribution in [1.29, 1.82) is 0 Å². The zero-order valence-electron chi connectivity index (χ0n) is 15.2. The first-order valence-electron chi connectivity index (χ1n) is 8.50. The quantitative estimate of drug-likeness (QED) is 0.714. The number of aromatic nitrogens is 2. The first-order valence-corrected chi connectivity index (χ1v) is 8.50. The number of hydrogen-bond donors (Lipinski definition) is 2. The predicted octanol–water partition coefficient (Wildman–Crippen LogP) is 4.77. The van der Waals surface area contributed by atoms with Crippen molar-refractivity contribution in [2.24, 2.45) is 0 Å². The molecule has 3 rings (SSSR count). The number of amides is 1. The molecule has 0 unspecified atom stereocenters. The van der Waals surface area contributed by atoms with E-state index in [2.05, 4.69) is 47.7 Å². The van der Waals surface area contributed by atoms with E-state index < -0.39 is 0 Å². The van der Waals surface area contributed by atoms with Crippen molar-refractivity contribution in [2.75, 3.05) is 10.6 Å². The van der Waals surface area contributed by atoms with Gasteiger partial charge in [0, 0.05) is 11.4 Å². The Morgan fingerprint density at radius 1 is 0.846 bits per heavy atom. The van der Waals surface area contributed by atoms with Crippen molar-refractivity contribution in [1.82, 2.24) is 10.2 Å². The number of nitrogens with one attached hydrogen (secondary N) is 2. The third-order valence-corrected chi connectivity index (χ3v) is 3.93. The van der Waals surface area contributed by atoms with Crippen LogP contribution in [0.2, 0.25) is 0 Å². The van der Waals surface area contributed by atoms with Gasteiger partial charge in [-0.25, -0.2) is 0 Å². The van der Waals surface area contributed by atoms with Crippen LogP contribution in [0.5, 0.6) is 0 Å². The third-order valence-electron chi connectivity index (χ3n) is 3.93. The van der Waals surface area contributed by atoms with Crippen LogP contribution in [-0.4, -0.2) is 16.1 Å². The van der Waals surface area contributed by atoms with Crippen LogP contribution in [0.3, 0.4) is 0 Å². The molecule has 5 heteroatoms. The Bertz CT molecular complexity index is 884. The van der Waals surface area contributed by atoms with Gasteiger partial charge in [-0.05, 0) is 41.3 Å². The van der Waals surface area contributed by atoms with Gasteiger partial charge in [-0.3, -0.25) is 4.79 Å². The average Bonchev–Trinajstić information content (AvgIpc) is 2.63. The van der Waals surface area contributed by atoms with E-state index in [-0.39, 0.29) is 17.0 Å². The standard InChI is InChI=1S/C21H22N4O/c1-21(2,3)16-11-7-8-12-17(16)23-19-14-13-18(24-25-19)20(26)22-15-9-5-4-6-10-15/h4-14H,1-3H3,(H,22,26)(H,23,25). The minimum absolute atomic E-state index is 0.00648. The number of para-hydroxylation sites is 2. The second kappa shape index (κ2) is 7.35. The summed E-state index contributed by atoms with van der Waals surface area (Å²) in [6.45, 7) is 6.49. The first-order chi connectivity index (χ1) is 12.4. The van der Waals surface area contributed by atoms with Crippen LogP contribution in [0.15, 0.2) is 66.7 Å². The summed E-state index contributed by atoms with van der Waals surface area (Å²) in [5.74, 6) is 0.309. The SMILES string of the molecule is CC(C)(C)c1ccccc1Nc1ccc(C(=O)Nc2ccccc2)nn1. The maximum absolute atomic E-state index is 12.2. The molecule has 1 aromatic heterocycles. The number of benzene rings is 2. The fourth-order valence-corrected chi connectivity index (χ4v) is 2.62. The molecule has 2 N–H and O–H groups in total. The van der Waals surface area contributed by atoms with Crippen LogP contribution in [0.4, 0.5) is 17.2 Å². The largest absolute Gasteiger partial charge is 0.338 e. The molecule has 0 radical (unpaired) electrons. The summed E-state index contributed by atoms with van der Waals surface area (Å²) in [7, 11) is 0. The van der Waals surface area contributed by atoms with E-state index in [0.717, 1.165) is 11.4 Å². The highest BCUT2D eigenvalue weighted by molar-refractivity contribution is 6.02. The lowest BCUT2D eigenvalue weighted by molar-refractivity contribution is 0.102. The summed E-state index contributed by atoms with van der Waals surface area (Å²) < 4.78 is 0. The van der Waals surface area contributed by atoms with E-state index in [1.165, 1.54) is 5.56 Å². The molecule has 5 nitrogen and oxygen atoms in total. The van der Waals surface area contributed by atoms with Gasteiger partial charge in [-0.1, -0.05) is 57.2 Å². The molecule has 0 fully saturated rings. The van der Waals surface area contributed by atoms with Crippen LogP contribution >= 0.6 is 0 Å². The summed E-state index contributed by atoms with van der Waals surface area (Å²) in [6, 6.07) is 20.8. The average molecular weight is 346 g/mol. The Kier molecular flexibility index (Phi) is 4.98. The molecule has 132 valence electrons. The van der Waals surface area contributed by atoms with Gasteiger partial charge in [0.05, 0.1) is 0 Å². The van der Waals surface area contributed by atoms with E-state index >= 15 is 0 Å². The Labute approximate surface area is 153 Å². The lowest BCUT2D eigenvalue weighted by Crippen LogP contribution is -2.15. The van der Waals surface area contributed by atoms with E-state index in [1.54, 1.807) is 12.1 Å². The Balaban J connectivity index is 1.74. The monoisotopic (exact) mass is 346 g/mol. The van der Waals surface area contributed by atoms with Crippen molar-refractivity contribution in [3.63, 3.8) is 0 Å². The molecule has 1 heterocycles. The van der Waals surface area contributed by atoms with Crippen LogP contribution in [0, 0.1) is 0 Å². The van der Waals surface area contributed by atoms with E-state index in [4.69, 9.17) is 0 Å². The second-order valence-electron chi connectivity index (χ2n) is 7.04. The lowest BCUT2D eigenvalue weighted by atomic mass is 9.86. The molecular formula is C21H22N4O. The Morgan fingerprint density at radius 3 is 2.19 bits per heavy atom. The number of carbonyl (C=O) groups is 1. The van der Waals surface area contributed by atoms with Crippen molar-refractivity contribution in [3.05, 3.63) is 78.0 Å². The van der Waals surface area contributed by atoms with Gasteiger partial charge in [-0.2, -0.15) is 0 Å². The molecule has 0 bridgehead atoms. The van der Waals surface area contributed by atoms with E-state index in [1.807, 2.05) is 48.5 Å². The van der Waals surface area contributed by atoms with Gasteiger partial charge in [0.2, 0.25) is 0 Å². The Morgan fingerprint density at radius 2 is 1.54 bits per heavy atom. The second-order valence-corrected chi connectivity index (χ2v) is 7.04. The fourth-order valence-electron chi connectivity index (χ4n) is 2.62. The molecule has 0 aliphatic heterocycles. The highest BCUT2D eigenvalue weighted by Crippen LogP contribution is 2.30. The molecule has 3 aromatic rings. The van der Waals surface area contributed by atoms with Crippen molar-refractivity contribution < 1.29 is 4.79 Å². The normalized spacial score (nSPS) is 11.0. The molecule has 26 heavy (non-hydrogen) atoms. The minimum Gasteiger partial charge on any atom is -0.338 e. The molecule has 0 aliphatic carbocycles. The number of anilines is 3. The maximum Gasteiger partial charge on any atom is 0.276 e. The highest BCUT2D eigenvalue weighted by atomic mass is 16.1. The van der Waals surface area contributed by atoms with Crippen molar-refractivity contribution in [2.45, 2.75) is 26.2 Å². The summed E-state index contributed by atoms with van der Waals surface area (Å²) >= 11 is 0. The van der Waals surface area contributed by atoms with Gasteiger partial charge in [0.25, 0.3) is 5.91 Å². The number of nitrogens with zero attached hydrogens (tertiary/aromatic N) is 2. The summed E-state index contributed by atoms with van der Waals surface area (Å²) in [5, 5.41) is 14.3. The minimum atomic E-state index is -0.287. The smallest absolute Gasteiger partial charge is 0.276 e. The van der Waals surface area contributed by atoms with Crippen molar-refractivity contribution >= 4 is 23.1 Å². The molecule has 0 spiro atoms. The maximum atomic E-state index is 12.2. The van der Waals surface area contributed by atoms with Gasteiger partial charge in [0.1, 0.15) is 0 Å². The molecule has 0 aliphatic rings. The van der Waals surface area contributed by atoms with Crippen LogP contribution in [-0.2, 0) is 5.41 Å². The topological polar surface area (TPSA) is 66.9 Å². The first kappa shape index (κ1) is 17.6. The van der Waals surface area contributed by atoms with Crippen LogP contribution in [0.25, 0.3) is 0 Å². The molecule has 0 saturated heterocycles. The van der Waals surface area contributed by atoms with E-state index in [9.17, 15) is 4.79 Å². The van der Waals surface area contributed by atoms with Crippen LogP contribution < -0.4 is 10.6 Å². The van der Waals surface area contributed by atoms with Crippen molar-refractivity contribution in [3.8, 4) is 0 Å².